The number of hydrogen-bond donors (Lipinski definition) is 2. The van der Waals surface area contributed by atoms with Gasteiger partial charge in [-0.2, -0.15) is 0 Å². The van der Waals surface area contributed by atoms with Gasteiger partial charge in [0, 0.05) is 0 Å². The zero-order chi connectivity index (χ0) is 13.3. The summed E-state index contributed by atoms with van der Waals surface area (Å²) in [7, 11) is -3.92. The molecule has 0 atom stereocenters. The van der Waals surface area contributed by atoms with Gasteiger partial charge in [-0.1, -0.05) is 18.2 Å². The molecule has 2 aromatic carbocycles. The Morgan fingerprint density at radius 1 is 0.889 bits per heavy atom. The zero-order valence-corrected chi connectivity index (χ0v) is 10.5. The number of rotatable bonds is 2. The molecule has 0 saturated heterocycles. The van der Waals surface area contributed by atoms with Gasteiger partial charge in [0.1, 0.15) is 21.3 Å². The summed E-state index contributed by atoms with van der Waals surface area (Å²) in [6.45, 7) is 1.73. The Bertz CT molecular complexity index is 690. The third kappa shape index (κ3) is 2.04. The van der Waals surface area contributed by atoms with Crippen molar-refractivity contribution in [2.75, 3.05) is 0 Å². The molecular formula is C13H12O4S. The fourth-order valence-electron chi connectivity index (χ4n) is 1.64. The number of aromatic hydroxyl groups is 2. The monoisotopic (exact) mass is 264 g/mol. The van der Waals surface area contributed by atoms with E-state index in [1.54, 1.807) is 13.0 Å². The van der Waals surface area contributed by atoms with E-state index in [1.807, 2.05) is 0 Å². The van der Waals surface area contributed by atoms with E-state index >= 15 is 0 Å². The van der Waals surface area contributed by atoms with Crippen molar-refractivity contribution in [3.8, 4) is 11.5 Å². The lowest BCUT2D eigenvalue weighted by molar-refractivity contribution is 0.453. The first-order valence-electron chi connectivity index (χ1n) is 5.25. The Morgan fingerprint density at radius 2 is 1.50 bits per heavy atom. The molecule has 0 saturated carbocycles. The number of sulfone groups is 1. The fourth-order valence-corrected chi connectivity index (χ4v) is 3.16. The molecule has 0 aliphatic carbocycles. The van der Waals surface area contributed by atoms with Gasteiger partial charge in [-0.3, -0.25) is 0 Å². The topological polar surface area (TPSA) is 74.6 Å². The van der Waals surface area contributed by atoms with Crippen LogP contribution in [0.15, 0.2) is 52.3 Å². The second-order valence-electron chi connectivity index (χ2n) is 3.94. The molecule has 0 aliphatic heterocycles. The summed E-state index contributed by atoms with van der Waals surface area (Å²) in [5.41, 5.74) is 0.710. The number of aryl methyl sites for hydroxylation is 1. The van der Waals surface area contributed by atoms with E-state index in [4.69, 9.17) is 0 Å². The van der Waals surface area contributed by atoms with Gasteiger partial charge in [0.2, 0.25) is 9.84 Å². The standard InChI is InChI=1S/C13H12O4S/c1-9-6-7-11(15)13(8-9)18(16,17)12-5-3-2-4-10(12)14/h2-8,14-15H,1H3. The summed E-state index contributed by atoms with van der Waals surface area (Å²) in [5.74, 6) is -0.665. The maximum atomic E-state index is 12.3. The average molecular weight is 264 g/mol. The van der Waals surface area contributed by atoms with Gasteiger partial charge in [-0.15, -0.1) is 0 Å². The van der Waals surface area contributed by atoms with E-state index in [0.717, 1.165) is 0 Å². The molecule has 5 heteroatoms. The number of hydrogen-bond acceptors (Lipinski definition) is 4. The summed E-state index contributed by atoms with van der Waals surface area (Å²) in [5, 5.41) is 19.3. The first-order valence-corrected chi connectivity index (χ1v) is 6.74. The van der Waals surface area contributed by atoms with Crippen molar-refractivity contribution in [1.29, 1.82) is 0 Å². The highest BCUT2D eigenvalue weighted by molar-refractivity contribution is 7.91. The highest BCUT2D eigenvalue weighted by Gasteiger charge is 2.24. The number of para-hydroxylation sites is 1. The van der Waals surface area contributed by atoms with Crippen LogP contribution in [0.1, 0.15) is 5.56 Å². The van der Waals surface area contributed by atoms with Crippen LogP contribution in [0, 0.1) is 6.92 Å². The van der Waals surface area contributed by atoms with Gasteiger partial charge in [-0.05, 0) is 36.8 Å². The van der Waals surface area contributed by atoms with Crippen LogP contribution in [0.3, 0.4) is 0 Å². The van der Waals surface area contributed by atoms with E-state index in [9.17, 15) is 18.6 Å². The molecule has 0 aromatic heterocycles. The molecule has 4 nitrogen and oxygen atoms in total. The second kappa shape index (κ2) is 4.34. The third-order valence-electron chi connectivity index (χ3n) is 2.56. The van der Waals surface area contributed by atoms with Gasteiger partial charge in [-0.25, -0.2) is 8.42 Å². The predicted octanol–water partition coefficient (Wildman–Crippen LogP) is 2.24. The Balaban J connectivity index is 2.70. The number of benzene rings is 2. The summed E-state index contributed by atoms with van der Waals surface area (Å²) >= 11 is 0. The smallest absolute Gasteiger partial charge is 0.213 e. The van der Waals surface area contributed by atoms with E-state index in [-0.39, 0.29) is 21.3 Å². The maximum absolute atomic E-state index is 12.3. The normalized spacial score (nSPS) is 11.4. The van der Waals surface area contributed by atoms with Crippen molar-refractivity contribution in [2.45, 2.75) is 16.7 Å². The molecule has 0 radical (unpaired) electrons. The molecule has 0 spiro atoms. The summed E-state index contributed by atoms with van der Waals surface area (Å²) < 4.78 is 24.6. The number of phenols is 2. The maximum Gasteiger partial charge on any atom is 0.213 e. The summed E-state index contributed by atoms with van der Waals surface area (Å²) in [6, 6.07) is 9.94. The van der Waals surface area contributed by atoms with Crippen LogP contribution < -0.4 is 0 Å². The Hall–Kier alpha value is -2.01. The molecule has 94 valence electrons. The van der Waals surface area contributed by atoms with Crippen molar-refractivity contribution in [3.05, 3.63) is 48.0 Å². The number of phenolic OH excluding ortho intramolecular Hbond substituents is 2. The molecular weight excluding hydrogens is 252 g/mol. The molecule has 0 unspecified atom stereocenters. The lowest BCUT2D eigenvalue weighted by Gasteiger charge is -2.08. The molecule has 2 aromatic rings. The minimum absolute atomic E-state index is 0.205. The van der Waals surface area contributed by atoms with Gasteiger partial charge in [0.25, 0.3) is 0 Å². The van der Waals surface area contributed by atoms with Crippen LogP contribution in [-0.4, -0.2) is 18.6 Å². The summed E-state index contributed by atoms with van der Waals surface area (Å²) in [6.07, 6.45) is 0. The predicted molar refractivity (Wildman–Crippen MR) is 66.4 cm³/mol. The molecule has 18 heavy (non-hydrogen) atoms. The van der Waals surface area contributed by atoms with Gasteiger partial charge in [0.15, 0.2) is 0 Å². The van der Waals surface area contributed by atoms with Crippen LogP contribution in [0.25, 0.3) is 0 Å². The van der Waals surface area contributed by atoms with Gasteiger partial charge in [0.05, 0.1) is 0 Å². The van der Waals surface area contributed by atoms with E-state index < -0.39 is 9.84 Å². The lowest BCUT2D eigenvalue weighted by Crippen LogP contribution is -2.03. The second-order valence-corrected chi connectivity index (χ2v) is 5.83. The highest BCUT2D eigenvalue weighted by Crippen LogP contribution is 2.33. The molecule has 0 heterocycles. The molecule has 0 aliphatic rings. The zero-order valence-electron chi connectivity index (χ0n) is 9.66. The van der Waals surface area contributed by atoms with E-state index in [2.05, 4.69) is 0 Å². The molecule has 2 rings (SSSR count). The third-order valence-corrected chi connectivity index (χ3v) is 4.39. The van der Waals surface area contributed by atoms with Crippen LogP contribution >= 0.6 is 0 Å². The highest BCUT2D eigenvalue weighted by atomic mass is 32.2. The van der Waals surface area contributed by atoms with Crippen LogP contribution in [-0.2, 0) is 9.84 Å². The van der Waals surface area contributed by atoms with E-state index in [1.165, 1.54) is 36.4 Å². The molecule has 2 N–H and O–H groups in total. The average Bonchev–Trinajstić information content (AvgIpc) is 2.32. The largest absolute Gasteiger partial charge is 0.507 e. The van der Waals surface area contributed by atoms with Crippen LogP contribution in [0.5, 0.6) is 11.5 Å². The van der Waals surface area contributed by atoms with Crippen molar-refractivity contribution < 1.29 is 18.6 Å². The Kier molecular flexibility index (Phi) is 3.00. The van der Waals surface area contributed by atoms with Gasteiger partial charge >= 0.3 is 0 Å². The Morgan fingerprint density at radius 3 is 2.17 bits per heavy atom. The molecule has 0 bridgehead atoms. The first kappa shape index (κ1) is 12.4. The fraction of sp³-hybridized carbons (Fsp3) is 0.0769. The van der Waals surface area contributed by atoms with Crippen molar-refractivity contribution in [2.24, 2.45) is 0 Å². The quantitative estimate of drug-likeness (QED) is 0.872. The van der Waals surface area contributed by atoms with Crippen molar-refractivity contribution in [3.63, 3.8) is 0 Å². The van der Waals surface area contributed by atoms with Crippen molar-refractivity contribution in [1.82, 2.24) is 0 Å². The first-order chi connectivity index (χ1) is 8.43. The van der Waals surface area contributed by atoms with E-state index in [0.29, 0.717) is 5.56 Å². The lowest BCUT2D eigenvalue weighted by atomic mass is 10.2. The summed E-state index contributed by atoms with van der Waals surface area (Å²) in [4.78, 5) is -0.421. The minimum Gasteiger partial charge on any atom is -0.507 e. The molecule has 0 fully saturated rings. The molecule has 0 amide bonds. The van der Waals surface area contributed by atoms with Crippen LogP contribution in [0.2, 0.25) is 0 Å². The van der Waals surface area contributed by atoms with Crippen molar-refractivity contribution >= 4 is 9.84 Å². The Labute approximate surface area is 105 Å². The minimum atomic E-state index is -3.92. The SMILES string of the molecule is Cc1ccc(O)c(S(=O)(=O)c2ccccc2O)c1. The van der Waals surface area contributed by atoms with Crippen LogP contribution in [0.4, 0.5) is 0 Å². The van der Waals surface area contributed by atoms with Gasteiger partial charge < -0.3 is 10.2 Å².